The van der Waals surface area contributed by atoms with Crippen LogP contribution in [0.25, 0.3) is 22.1 Å². The molecule has 8 heteroatoms. The van der Waals surface area contributed by atoms with Gasteiger partial charge in [0.15, 0.2) is 12.2 Å². The monoisotopic (exact) mass is 464 g/mol. The summed E-state index contributed by atoms with van der Waals surface area (Å²) in [6.07, 6.45) is 4.91. The van der Waals surface area contributed by atoms with Crippen molar-refractivity contribution in [2.24, 2.45) is 5.92 Å². The molecule has 0 spiro atoms. The van der Waals surface area contributed by atoms with Crippen molar-refractivity contribution in [2.75, 3.05) is 6.61 Å². The van der Waals surface area contributed by atoms with Gasteiger partial charge >= 0.3 is 0 Å². The Bertz CT molecular complexity index is 1210. The molecule has 0 aliphatic carbocycles. The van der Waals surface area contributed by atoms with Crippen LogP contribution in [0.1, 0.15) is 25.1 Å². The molecule has 0 saturated carbocycles. The molecule has 0 aliphatic rings. The fraction of sp³-hybridized carbons (Fsp3) is 0.400. The number of ether oxygens (including phenoxy) is 1. The summed E-state index contributed by atoms with van der Waals surface area (Å²) < 4.78 is 12.9. The summed E-state index contributed by atoms with van der Waals surface area (Å²) in [5.41, 5.74) is 0.992. The Balaban J connectivity index is 1.58. The molecule has 4 rings (SSSR count). The molecule has 174 valence electrons. The van der Waals surface area contributed by atoms with E-state index in [0.717, 1.165) is 33.7 Å². The summed E-state index contributed by atoms with van der Waals surface area (Å²) >= 11 is 0. The van der Waals surface area contributed by atoms with Gasteiger partial charge in [-0.3, -0.25) is 0 Å². The summed E-state index contributed by atoms with van der Waals surface area (Å²) in [7, 11) is -1.14. The van der Waals surface area contributed by atoms with Crippen molar-refractivity contribution < 1.29 is 14.3 Å². The van der Waals surface area contributed by atoms with Crippen LogP contribution < -0.4 is 0 Å². The molecule has 0 radical (unpaired) electrons. The molecule has 2 aromatic carbocycles. The molecular weight excluding hydrogens is 432 g/mol. The van der Waals surface area contributed by atoms with Gasteiger partial charge in [-0.05, 0) is 40.4 Å². The minimum Gasteiger partial charge on any atom is -0.444 e. The summed E-state index contributed by atoms with van der Waals surface area (Å²) in [6.45, 7) is 12.0. The highest BCUT2D eigenvalue weighted by Gasteiger charge is 2.38. The highest BCUT2D eigenvalue weighted by atomic mass is 28.3. The van der Waals surface area contributed by atoms with Gasteiger partial charge in [0.1, 0.15) is 18.0 Å². The van der Waals surface area contributed by atoms with Crippen molar-refractivity contribution in [3.8, 4) is 11.3 Å². The van der Waals surface area contributed by atoms with E-state index in [4.69, 9.17) is 9.15 Å². The van der Waals surface area contributed by atoms with Crippen molar-refractivity contribution in [1.82, 2.24) is 20.0 Å². The number of nitrogens with zero attached hydrogens (tertiary/aromatic N) is 4. The lowest BCUT2D eigenvalue weighted by Gasteiger charge is -2.31. The molecule has 2 heterocycles. The number of aliphatic hydroxyl groups is 1. The largest absolute Gasteiger partial charge is 0.444 e. The molecule has 0 fully saturated rings. The normalized spacial score (nSPS) is 14.2. The minimum absolute atomic E-state index is 0.110. The lowest BCUT2D eigenvalue weighted by Crippen LogP contribution is -2.34. The molecule has 0 saturated heterocycles. The Morgan fingerprint density at radius 1 is 1.12 bits per heavy atom. The van der Waals surface area contributed by atoms with Gasteiger partial charge in [-0.25, -0.2) is 9.67 Å². The standard InChI is InChI=1S/C25H32N4O3Si/c1-18(2)25(30,24-15-29(28-27-24)17-31-10-11-33(3,4)5)22-9-8-19-12-21(7-6-20(19)13-22)23-14-26-16-32-23/h6-9,12-16,18,30H,10-11,17H2,1-5H3. The zero-order valence-corrected chi connectivity index (χ0v) is 20.9. The molecule has 33 heavy (non-hydrogen) atoms. The van der Waals surface area contributed by atoms with Gasteiger partial charge in [-0.15, -0.1) is 5.10 Å². The lowest BCUT2D eigenvalue weighted by molar-refractivity contribution is 0.0273. The number of aromatic nitrogens is 4. The predicted molar refractivity (Wildman–Crippen MR) is 131 cm³/mol. The second kappa shape index (κ2) is 9.21. The maximum atomic E-state index is 11.8. The fourth-order valence-electron chi connectivity index (χ4n) is 3.84. The second-order valence-corrected chi connectivity index (χ2v) is 15.7. The van der Waals surface area contributed by atoms with Crippen LogP contribution in [0.4, 0.5) is 0 Å². The van der Waals surface area contributed by atoms with Crippen molar-refractivity contribution in [3.05, 3.63) is 66.4 Å². The Labute approximate surface area is 195 Å². The van der Waals surface area contributed by atoms with Crippen molar-refractivity contribution in [1.29, 1.82) is 0 Å². The van der Waals surface area contributed by atoms with E-state index in [-0.39, 0.29) is 5.92 Å². The van der Waals surface area contributed by atoms with E-state index in [1.165, 1.54) is 6.39 Å². The first kappa shape index (κ1) is 23.3. The van der Waals surface area contributed by atoms with Gasteiger partial charge in [0.05, 0.1) is 12.4 Å². The summed E-state index contributed by atoms with van der Waals surface area (Å²) in [4.78, 5) is 3.99. The summed E-state index contributed by atoms with van der Waals surface area (Å²) in [6, 6.07) is 13.2. The molecule has 4 aromatic rings. The van der Waals surface area contributed by atoms with Crippen LogP contribution >= 0.6 is 0 Å². The van der Waals surface area contributed by atoms with Crippen LogP contribution in [0.5, 0.6) is 0 Å². The zero-order chi connectivity index (χ0) is 23.6. The average molecular weight is 465 g/mol. The van der Waals surface area contributed by atoms with Crippen molar-refractivity contribution in [2.45, 2.75) is 51.9 Å². The third kappa shape index (κ3) is 5.08. The van der Waals surface area contributed by atoms with Gasteiger partial charge < -0.3 is 14.3 Å². The van der Waals surface area contributed by atoms with Crippen LogP contribution in [0.15, 0.2) is 59.6 Å². The van der Waals surface area contributed by atoms with Crippen molar-refractivity contribution in [3.63, 3.8) is 0 Å². The third-order valence-electron chi connectivity index (χ3n) is 5.98. The van der Waals surface area contributed by atoms with E-state index in [9.17, 15) is 5.11 Å². The van der Waals surface area contributed by atoms with Gasteiger partial charge in [-0.2, -0.15) is 0 Å². The number of benzene rings is 2. The Kier molecular flexibility index (Phi) is 6.51. The zero-order valence-electron chi connectivity index (χ0n) is 19.9. The SMILES string of the molecule is CC(C)C(O)(c1ccc2cc(-c3cnco3)ccc2c1)c1cn(COCC[Si](C)(C)C)nn1. The van der Waals surface area contributed by atoms with E-state index < -0.39 is 13.7 Å². The van der Waals surface area contributed by atoms with E-state index in [1.807, 2.05) is 44.2 Å². The van der Waals surface area contributed by atoms with Crippen LogP contribution in [0, 0.1) is 5.92 Å². The molecule has 0 aliphatic heterocycles. The Morgan fingerprint density at radius 3 is 2.58 bits per heavy atom. The minimum atomic E-state index is -1.27. The molecule has 0 bridgehead atoms. The van der Waals surface area contributed by atoms with E-state index in [2.05, 4.69) is 41.0 Å². The first-order valence-electron chi connectivity index (χ1n) is 11.3. The second-order valence-electron chi connectivity index (χ2n) is 10.1. The summed E-state index contributed by atoms with van der Waals surface area (Å²) in [5, 5.41) is 22.4. The maximum absolute atomic E-state index is 11.8. The topological polar surface area (TPSA) is 86.2 Å². The number of fused-ring (bicyclic) bond motifs is 1. The molecule has 0 amide bonds. The average Bonchev–Trinajstić information content (AvgIpc) is 3.47. The fourth-order valence-corrected chi connectivity index (χ4v) is 4.60. The maximum Gasteiger partial charge on any atom is 0.181 e. The van der Waals surface area contributed by atoms with E-state index in [0.29, 0.717) is 19.0 Å². The molecule has 7 nitrogen and oxygen atoms in total. The third-order valence-corrected chi connectivity index (χ3v) is 7.69. The number of hydrogen-bond acceptors (Lipinski definition) is 6. The molecule has 2 aromatic heterocycles. The number of rotatable bonds is 9. The molecule has 1 atom stereocenters. The van der Waals surface area contributed by atoms with Gasteiger partial charge in [0.25, 0.3) is 0 Å². The van der Waals surface area contributed by atoms with Crippen LogP contribution in [0.2, 0.25) is 25.7 Å². The Morgan fingerprint density at radius 2 is 1.88 bits per heavy atom. The first-order chi connectivity index (χ1) is 15.7. The number of hydrogen-bond donors (Lipinski definition) is 1. The Hall–Kier alpha value is -2.81. The van der Waals surface area contributed by atoms with Crippen LogP contribution in [0.3, 0.4) is 0 Å². The van der Waals surface area contributed by atoms with Crippen molar-refractivity contribution >= 4 is 18.8 Å². The molecular formula is C25H32N4O3Si. The lowest BCUT2D eigenvalue weighted by atomic mass is 9.80. The van der Waals surface area contributed by atoms with Gasteiger partial charge in [0, 0.05) is 20.2 Å². The van der Waals surface area contributed by atoms with E-state index in [1.54, 1.807) is 17.1 Å². The highest BCUT2D eigenvalue weighted by Crippen LogP contribution is 2.37. The first-order valence-corrected chi connectivity index (χ1v) is 15.0. The number of oxazole rings is 1. The van der Waals surface area contributed by atoms with Crippen LogP contribution in [-0.4, -0.2) is 39.8 Å². The summed E-state index contributed by atoms with van der Waals surface area (Å²) in [5.74, 6) is 0.615. The highest BCUT2D eigenvalue weighted by molar-refractivity contribution is 6.76. The van der Waals surface area contributed by atoms with E-state index >= 15 is 0 Å². The smallest absolute Gasteiger partial charge is 0.181 e. The molecule has 1 N–H and O–H groups in total. The van der Waals surface area contributed by atoms with Gasteiger partial charge in [0.2, 0.25) is 0 Å². The predicted octanol–water partition coefficient (Wildman–Crippen LogP) is 5.29. The molecule has 1 unspecified atom stereocenters. The van der Waals surface area contributed by atoms with Gasteiger partial charge in [-0.1, -0.05) is 63.0 Å². The quantitative estimate of drug-likeness (QED) is 0.267. The van der Waals surface area contributed by atoms with Crippen LogP contribution in [-0.2, 0) is 17.1 Å².